The largest absolute Gasteiger partial charge is 0.394 e. The van der Waals surface area contributed by atoms with Gasteiger partial charge in [0.15, 0.2) is 0 Å². The number of carbonyl (C=O) groups is 3. The first-order valence-corrected chi connectivity index (χ1v) is 15.5. The van der Waals surface area contributed by atoms with Crippen LogP contribution in [0.2, 0.25) is 0 Å². The van der Waals surface area contributed by atoms with Gasteiger partial charge in [-0.15, -0.1) is 0 Å². The van der Waals surface area contributed by atoms with Crippen LogP contribution in [0.25, 0.3) is 10.8 Å². The molecule has 44 heavy (non-hydrogen) atoms. The maximum atomic E-state index is 15.0. The minimum atomic E-state index is -1.41. The molecular formula is C36H37N3O5. The summed E-state index contributed by atoms with van der Waals surface area (Å²) in [6.07, 6.45) is 8.36. The number of hydrogen-bond donors (Lipinski definition) is 1. The van der Waals surface area contributed by atoms with Gasteiger partial charge in [0.2, 0.25) is 11.8 Å². The van der Waals surface area contributed by atoms with Crippen LogP contribution in [0, 0.1) is 11.8 Å². The molecule has 7 rings (SSSR count). The topological polar surface area (TPSA) is 90.4 Å². The third-order valence-corrected chi connectivity index (χ3v) is 9.81. The molecule has 4 heterocycles. The van der Waals surface area contributed by atoms with Gasteiger partial charge in [-0.05, 0) is 41.8 Å². The molecule has 6 atom stereocenters. The number of aliphatic hydroxyl groups is 1. The van der Waals surface area contributed by atoms with Gasteiger partial charge in [0.05, 0.1) is 30.1 Å². The quantitative estimate of drug-likeness (QED) is 0.433. The van der Waals surface area contributed by atoms with E-state index in [4.69, 9.17) is 4.74 Å². The zero-order valence-electron chi connectivity index (χ0n) is 25.0. The highest BCUT2D eigenvalue weighted by Crippen LogP contribution is 2.59. The van der Waals surface area contributed by atoms with Gasteiger partial charge in [-0.2, -0.15) is 0 Å². The molecule has 0 radical (unpaired) electrons. The molecule has 3 amide bonds. The summed E-state index contributed by atoms with van der Waals surface area (Å²) in [5.41, 5.74) is -1.08. The maximum absolute atomic E-state index is 15.0. The summed E-state index contributed by atoms with van der Waals surface area (Å²) in [5.74, 6) is -2.58. The van der Waals surface area contributed by atoms with E-state index in [2.05, 4.69) is 0 Å². The van der Waals surface area contributed by atoms with E-state index in [-0.39, 0.29) is 30.9 Å². The summed E-state index contributed by atoms with van der Waals surface area (Å²) >= 11 is 0. The van der Waals surface area contributed by atoms with Gasteiger partial charge in [0, 0.05) is 25.3 Å². The smallest absolute Gasteiger partial charge is 0.253 e. The van der Waals surface area contributed by atoms with Gasteiger partial charge < -0.3 is 24.5 Å². The zero-order chi connectivity index (χ0) is 30.6. The highest BCUT2D eigenvalue weighted by Gasteiger charge is 2.75. The fraction of sp³-hybridized carbons (Fsp3) is 0.361. The molecule has 226 valence electrons. The van der Waals surface area contributed by atoms with Crippen molar-refractivity contribution in [1.29, 1.82) is 0 Å². The second-order valence-electron chi connectivity index (χ2n) is 12.4. The minimum absolute atomic E-state index is 0.146. The molecule has 8 nitrogen and oxygen atoms in total. The van der Waals surface area contributed by atoms with Crippen molar-refractivity contribution in [2.45, 2.75) is 43.6 Å². The summed E-state index contributed by atoms with van der Waals surface area (Å²) in [7, 11) is 0. The monoisotopic (exact) mass is 591 g/mol. The van der Waals surface area contributed by atoms with Crippen molar-refractivity contribution in [2.24, 2.45) is 11.8 Å². The number of benzene rings is 3. The number of nitrogens with zero attached hydrogens (tertiary/aromatic N) is 3. The fourth-order valence-corrected chi connectivity index (χ4v) is 7.92. The van der Waals surface area contributed by atoms with Crippen molar-refractivity contribution in [1.82, 2.24) is 9.80 Å². The van der Waals surface area contributed by atoms with E-state index < -0.39 is 35.1 Å². The molecule has 2 saturated heterocycles. The van der Waals surface area contributed by atoms with Crippen molar-refractivity contribution in [2.75, 3.05) is 31.1 Å². The normalized spacial score (nSPS) is 30.3. The van der Waals surface area contributed by atoms with Crippen LogP contribution in [0.15, 0.2) is 97.1 Å². The summed E-state index contributed by atoms with van der Waals surface area (Å²) in [6.45, 7) is 4.76. The van der Waals surface area contributed by atoms with Crippen molar-refractivity contribution < 1.29 is 24.2 Å². The van der Waals surface area contributed by atoms with Crippen LogP contribution in [0.3, 0.4) is 0 Å². The Kier molecular flexibility index (Phi) is 6.94. The fourth-order valence-electron chi connectivity index (χ4n) is 7.92. The average molecular weight is 592 g/mol. The van der Waals surface area contributed by atoms with Crippen molar-refractivity contribution in [3.8, 4) is 0 Å². The van der Waals surface area contributed by atoms with E-state index in [0.29, 0.717) is 24.3 Å². The van der Waals surface area contributed by atoms with Gasteiger partial charge in [-0.25, -0.2) is 0 Å². The lowest BCUT2D eigenvalue weighted by Crippen LogP contribution is -2.57. The van der Waals surface area contributed by atoms with E-state index in [1.165, 1.54) is 4.90 Å². The molecule has 4 aliphatic rings. The summed E-state index contributed by atoms with van der Waals surface area (Å²) in [5, 5.41) is 12.8. The van der Waals surface area contributed by atoms with E-state index in [0.717, 1.165) is 17.2 Å². The van der Waals surface area contributed by atoms with Crippen molar-refractivity contribution in [3.05, 3.63) is 103 Å². The number of hydrogen-bond acceptors (Lipinski definition) is 5. The zero-order valence-corrected chi connectivity index (χ0v) is 25.0. The number of aliphatic hydroxyl groups excluding tert-OH is 1. The Morgan fingerprint density at radius 2 is 1.59 bits per heavy atom. The molecule has 0 bridgehead atoms. The molecule has 4 aliphatic heterocycles. The first-order chi connectivity index (χ1) is 21.3. The molecule has 3 aromatic rings. The number of likely N-dealkylation sites (tertiary alicyclic amines) is 1. The predicted octanol–water partition coefficient (Wildman–Crippen LogP) is 4.26. The number of carbonyl (C=O) groups excluding carboxylic acids is 3. The SMILES string of the molecule is CCCN1CC=C[C@]2(C)O[C@]34C=CCN(c5ccc6ccccc6c5)C(=O)C3N([C@H](CO)c3ccccc3)C(=O)[C@@H]4[C@@H]2C1=O. The van der Waals surface area contributed by atoms with Crippen LogP contribution in [-0.4, -0.2) is 76.1 Å². The van der Waals surface area contributed by atoms with E-state index in [1.807, 2.05) is 111 Å². The number of rotatable bonds is 6. The highest BCUT2D eigenvalue weighted by atomic mass is 16.5. The molecule has 1 N–H and O–H groups in total. The van der Waals surface area contributed by atoms with Gasteiger partial charge in [0.1, 0.15) is 11.6 Å². The first kappa shape index (κ1) is 28.5. The van der Waals surface area contributed by atoms with Gasteiger partial charge in [-0.3, -0.25) is 14.4 Å². The maximum Gasteiger partial charge on any atom is 0.253 e. The van der Waals surface area contributed by atoms with Crippen LogP contribution in [0.4, 0.5) is 5.69 Å². The van der Waals surface area contributed by atoms with E-state index >= 15 is 0 Å². The van der Waals surface area contributed by atoms with Crippen LogP contribution >= 0.6 is 0 Å². The first-order valence-electron chi connectivity index (χ1n) is 15.5. The van der Waals surface area contributed by atoms with Crippen LogP contribution in [-0.2, 0) is 19.1 Å². The van der Waals surface area contributed by atoms with E-state index in [1.54, 1.807) is 9.80 Å². The molecule has 1 spiro atoms. The van der Waals surface area contributed by atoms with Gasteiger partial charge in [-0.1, -0.05) is 91.9 Å². The molecule has 0 aromatic heterocycles. The van der Waals surface area contributed by atoms with Crippen LogP contribution in [0.1, 0.15) is 31.9 Å². The Balaban J connectivity index is 1.40. The summed E-state index contributed by atoms with van der Waals surface area (Å²) < 4.78 is 6.97. The van der Waals surface area contributed by atoms with Crippen LogP contribution < -0.4 is 4.90 Å². The average Bonchev–Trinajstić information content (AvgIpc) is 3.31. The predicted molar refractivity (Wildman–Crippen MR) is 168 cm³/mol. The second-order valence-corrected chi connectivity index (χ2v) is 12.4. The minimum Gasteiger partial charge on any atom is -0.394 e. The Morgan fingerprint density at radius 3 is 2.34 bits per heavy atom. The number of anilines is 1. The summed E-state index contributed by atoms with van der Waals surface area (Å²) in [4.78, 5) is 49.0. The second kappa shape index (κ2) is 10.7. The van der Waals surface area contributed by atoms with E-state index in [9.17, 15) is 19.5 Å². The lowest BCUT2D eigenvalue weighted by Gasteiger charge is -2.40. The number of ether oxygens (including phenoxy) is 1. The standard InChI is InChI=1S/C36H37N3O5/c1-3-19-37-20-9-17-35(2)29(32(37)41)30-33(42)39(28(23-40)25-12-5-4-6-13-25)31-34(43)38(21-10-18-36(30,31)44-35)27-16-15-24-11-7-8-14-26(24)22-27/h4-18,22,28-31,40H,3,19-21,23H2,1-2H3/t28-,29-,30+,31?,35+,36+/m1/s1. The molecular weight excluding hydrogens is 554 g/mol. The van der Waals surface area contributed by atoms with Gasteiger partial charge in [0.25, 0.3) is 5.91 Å². The molecule has 0 aliphatic carbocycles. The number of amides is 3. The van der Waals surface area contributed by atoms with Gasteiger partial charge >= 0.3 is 0 Å². The molecule has 8 heteroatoms. The summed E-state index contributed by atoms with van der Waals surface area (Å²) in [6, 6.07) is 21.2. The lowest BCUT2D eigenvalue weighted by atomic mass is 9.74. The third kappa shape index (κ3) is 4.15. The number of fused-ring (bicyclic) bond motifs is 3. The molecule has 2 fully saturated rings. The van der Waals surface area contributed by atoms with Crippen LogP contribution in [0.5, 0.6) is 0 Å². The molecule has 3 aromatic carbocycles. The Labute approximate surface area is 257 Å². The highest BCUT2D eigenvalue weighted by molar-refractivity contribution is 6.07. The Bertz CT molecular complexity index is 1690. The van der Waals surface area contributed by atoms with Crippen molar-refractivity contribution in [3.63, 3.8) is 0 Å². The molecule has 1 unspecified atom stereocenters. The third-order valence-electron chi connectivity index (χ3n) is 9.81. The Morgan fingerprint density at radius 1 is 0.864 bits per heavy atom. The lowest BCUT2D eigenvalue weighted by molar-refractivity contribution is -0.151. The Hall–Kier alpha value is -4.27. The molecule has 0 saturated carbocycles. The van der Waals surface area contributed by atoms with Crippen molar-refractivity contribution >= 4 is 34.2 Å².